The third-order valence-corrected chi connectivity index (χ3v) is 3.57. The van der Waals surface area contributed by atoms with Crippen LogP contribution in [0.3, 0.4) is 0 Å². The Balaban J connectivity index is 2.89. The topological polar surface area (TPSA) is 59.2 Å². The molecule has 0 aliphatic rings. The SMILES string of the molecule is CCC(C)(C(=O)Cc1cnccc1N)N(C)C. The Morgan fingerprint density at radius 1 is 1.53 bits per heavy atom. The highest BCUT2D eigenvalue weighted by Gasteiger charge is 2.33. The van der Waals surface area contributed by atoms with Crippen LogP contribution in [0.4, 0.5) is 5.69 Å². The van der Waals surface area contributed by atoms with E-state index < -0.39 is 5.54 Å². The zero-order chi connectivity index (χ0) is 13.1. The summed E-state index contributed by atoms with van der Waals surface area (Å²) in [7, 11) is 3.85. The molecule has 0 aliphatic heterocycles. The lowest BCUT2D eigenvalue weighted by Gasteiger charge is -2.34. The highest BCUT2D eigenvalue weighted by molar-refractivity contribution is 5.90. The van der Waals surface area contributed by atoms with E-state index in [2.05, 4.69) is 4.98 Å². The third kappa shape index (κ3) is 2.82. The number of pyridine rings is 1. The van der Waals surface area contributed by atoms with Gasteiger partial charge in [-0.1, -0.05) is 6.92 Å². The molecule has 1 aromatic heterocycles. The number of likely N-dealkylation sites (N-methyl/N-ethyl adjacent to an activating group) is 1. The average Bonchev–Trinajstić information content (AvgIpc) is 2.30. The van der Waals surface area contributed by atoms with Crippen molar-refractivity contribution in [3.8, 4) is 0 Å². The van der Waals surface area contributed by atoms with Gasteiger partial charge in [0, 0.05) is 30.1 Å². The first kappa shape index (κ1) is 13.6. The van der Waals surface area contributed by atoms with Crippen LogP contribution < -0.4 is 5.73 Å². The van der Waals surface area contributed by atoms with Crippen molar-refractivity contribution in [2.75, 3.05) is 19.8 Å². The fourth-order valence-electron chi connectivity index (χ4n) is 1.71. The summed E-state index contributed by atoms with van der Waals surface area (Å²) in [6.45, 7) is 3.98. The number of ketones is 1. The van der Waals surface area contributed by atoms with Crippen LogP contribution in [0.2, 0.25) is 0 Å². The first-order chi connectivity index (χ1) is 7.91. The molecule has 1 rings (SSSR count). The van der Waals surface area contributed by atoms with E-state index >= 15 is 0 Å². The van der Waals surface area contributed by atoms with Crippen LogP contribution in [0.5, 0.6) is 0 Å². The first-order valence-electron chi connectivity index (χ1n) is 5.81. The molecule has 0 fully saturated rings. The number of Topliss-reactive ketones (excluding diaryl/α,β-unsaturated/α-hetero) is 1. The highest BCUT2D eigenvalue weighted by atomic mass is 16.1. The minimum atomic E-state index is -0.442. The number of anilines is 1. The predicted molar refractivity (Wildman–Crippen MR) is 69.7 cm³/mol. The fraction of sp³-hybridized carbons (Fsp3) is 0.538. The molecule has 4 heteroatoms. The molecule has 0 bridgehead atoms. The van der Waals surface area contributed by atoms with Crippen LogP contribution in [-0.4, -0.2) is 35.3 Å². The van der Waals surface area contributed by atoms with Gasteiger partial charge in [0.1, 0.15) is 0 Å². The Hall–Kier alpha value is -1.42. The number of rotatable bonds is 5. The second kappa shape index (κ2) is 5.27. The molecule has 0 amide bonds. The van der Waals surface area contributed by atoms with Crippen LogP contribution in [0, 0.1) is 0 Å². The van der Waals surface area contributed by atoms with Crippen LogP contribution >= 0.6 is 0 Å². The number of hydrogen-bond donors (Lipinski definition) is 1. The maximum Gasteiger partial charge on any atom is 0.157 e. The number of nitrogens with zero attached hydrogens (tertiary/aromatic N) is 2. The molecule has 0 saturated carbocycles. The molecule has 94 valence electrons. The molecule has 0 radical (unpaired) electrons. The molecule has 0 saturated heterocycles. The van der Waals surface area contributed by atoms with Gasteiger partial charge in [0.2, 0.25) is 0 Å². The fourth-order valence-corrected chi connectivity index (χ4v) is 1.71. The van der Waals surface area contributed by atoms with Gasteiger partial charge in [0.05, 0.1) is 5.54 Å². The van der Waals surface area contributed by atoms with Gasteiger partial charge in [-0.3, -0.25) is 14.7 Å². The minimum Gasteiger partial charge on any atom is -0.398 e. The standard InChI is InChI=1S/C13H21N3O/c1-5-13(2,16(3)4)12(17)8-10-9-15-7-6-11(10)14/h6-7,9H,5,8H2,1-4H3,(H2,14,15). The largest absolute Gasteiger partial charge is 0.398 e. The predicted octanol–water partition coefficient (Wildman–Crippen LogP) is 1.51. The lowest BCUT2D eigenvalue weighted by molar-refractivity contribution is -0.128. The van der Waals surface area contributed by atoms with E-state index in [1.54, 1.807) is 18.5 Å². The van der Waals surface area contributed by atoms with Gasteiger partial charge in [-0.25, -0.2) is 0 Å². The van der Waals surface area contributed by atoms with Crippen LogP contribution in [0.25, 0.3) is 0 Å². The first-order valence-corrected chi connectivity index (χ1v) is 5.81. The Labute approximate surface area is 103 Å². The van der Waals surface area contributed by atoms with Crippen LogP contribution in [0.1, 0.15) is 25.8 Å². The van der Waals surface area contributed by atoms with Crippen molar-refractivity contribution in [2.24, 2.45) is 0 Å². The maximum atomic E-state index is 12.3. The lowest BCUT2D eigenvalue weighted by Crippen LogP contribution is -2.48. The molecule has 1 heterocycles. The smallest absolute Gasteiger partial charge is 0.157 e. The maximum absolute atomic E-state index is 12.3. The Morgan fingerprint density at radius 2 is 2.18 bits per heavy atom. The van der Waals surface area contributed by atoms with Crippen molar-refractivity contribution >= 4 is 11.5 Å². The van der Waals surface area contributed by atoms with Crippen molar-refractivity contribution in [3.05, 3.63) is 24.0 Å². The normalized spacial score (nSPS) is 14.6. The third-order valence-electron chi connectivity index (χ3n) is 3.57. The molecule has 0 aliphatic carbocycles. The summed E-state index contributed by atoms with van der Waals surface area (Å²) in [5.41, 5.74) is 6.82. The second-order valence-corrected chi connectivity index (χ2v) is 4.70. The molecule has 2 N–H and O–H groups in total. The van der Waals surface area contributed by atoms with Crippen LogP contribution in [-0.2, 0) is 11.2 Å². The summed E-state index contributed by atoms with van der Waals surface area (Å²) in [4.78, 5) is 18.3. The quantitative estimate of drug-likeness (QED) is 0.840. The van der Waals surface area contributed by atoms with Gasteiger partial charge in [-0.05, 0) is 33.5 Å². The average molecular weight is 235 g/mol. The van der Waals surface area contributed by atoms with E-state index in [9.17, 15) is 4.79 Å². The van der Waals surface area contributed by atoms with Crippen molar-refractivity contribution in [1.82, 2.24) is 9.88 Å². The monoisotopic (exact) mass is 235 g/mol. The van der Waals surface area contributed by atoms with Gasteiger partial charge >= 0.3 is 0 Å². The molecule has 4 nitrogen and oxygen atoms in total. The Morgan fingerprint density at radius 3 is 2.65 bits per heavy atom. The van der Waals surface area contributed by atoms with E-state index in [0.29, 0.717) is 12.1 Å². The van der Waals surface area contributed by atoms with Gasteiger partial charge in [-0.2, -0.15) is 0 Å². The van der Waals surface area contributed by atoms with Crippen LogP contribution in [0.15, 0.2) is 18.5 Å². The Bertz CT molecular complexity index is 403. The number of hydrogen-bond acceptors (Lipinski definition) is 4. The molecule has 17 heavy (non-hydrogen) atoms. The summed E-state index contributed by atoms with van der Waals surface area (Å²) in [5, 5.41) is 0. The summed E-state index contributed by atoms with van der Waals surface area (Å²) in [6, 6.07) is 1.72. The number of carbonyl (C=O) groups excluding carboxylic acids is 1. The van der Waals surface area contributed by atoms with Gasteiger partial charge < -0.3 is 5.73 Å². The van der Waals surface area contributed by atoms with E-state index in [4.69, 9.17) is 5.73 Å². The van der Waals surface area contributed by atoms with Crippen molar-refractivity contribution in [3.63, 3.8) is 0 Å². The number of carbonyl (C=O) groups is 1. The van der Waals surface area contributed by atoms with Gasteiger partial charge in [0.25, 0.3) is 0 Å². The van der Waals surface area contributed by atoms with E-state index in [1.807, 2.05) is 32.8 Å². The number of aromatic nitrogens is 1. The molecule has 0 aromatic carbocycles. The number of nitrogens with two attached hydrogens (primary N) is 1. The van der Waals surface area contributed by atoms with E-state index in [-0.39, 0.29) is 5.78 Å². The van der Waals surface area contributed by atoms with E-state index in [1.165, 1.54) is 0 Å². The second-order valence-electron chi connectivity index (χ2n) is 4.70. The zero-order valence-corrected chi connectivity index (χ0v) is 11.0. The highest BCUT2D eigenvalue weighted by Crippen LogP contribution is 2.21. The lowest BCUT2D eigenvalue weighted by atomic mass is 9.88. The molecule has 1 unspecified atom stereocenters. The molecular formula is C13H21N3O. The minimum absolute atomic E-state index is 0.171. The van der Waals surface area contributed by atoms with Gasteiger partial charge in [0.15, 0.2) is 5.78 Å². The molecule has 0 spiro atoms. The Kier molecular flexibility index (Phi) is 4.23. The van der Waals surface area contributed by atoms with Crippen molar-refractivity contribution < 1.29 is 4.79 Å². The van der Waals surface area contributed by atoms with Crippen molar-refractivity contribution in [2.45, 2.75) is 32.2 Å². The summed E-state index contributed by atoms with van der Waals surface area (Å²) in [5.74, 6) is 0.171. The number of nitrogen functional groups attached to an aromatic ring is 1. The van der Waals surface area contributed by atoms with Crippen molar-refractivity contribution in [1.29, 1.82) is 0 Å². The molecule has 1 atom stereocenters. The van der Waals surface area contributed by atoms with E-state index in [0.717, 1.165) is 12.0 Å². The molecule has 1 aromatic rings. The van der Waals surface area contributed by atoms with Gasteiger partial charge in [-0.15, -0.1) is 0 Å². The summed E-state index contributed by atoms with van der Waals surface area (Å²) in [6.07, 6.45) is 4.41. The summed E-state index contributed by atoms with van der Waals surface area (Å²) < 4.78 is 0. The summed E-state index contributed by atoms with van der Waals surface area (Å²) >= 11 is 0. The molecular weight excluding hydrogens is 214 g/mol. The zero-order valence-electron chi connectivity index (χ0n) is 11.0.